The molecule has 142 valence electrons. The van der Waals surface area contributed by atoms with Crippen molar-refractivity contribution in [1.29, 1.82) is 0 Å². The lowest BCUT2D eigenvalue weighted by atomic mass is 10.1. The van der Waals surface area contributed by atoms with E-state index in [0.717, 1.165) is 11.3 Å². The fourth-order valence-corrected chi connectivity index (χ4v) is 3.08. The van der Waals surface area contributed by atoms with Crippen LogP contribution in [-0.2, 0) is 11.3 Å². The number of amides is 2. The average molecular weight is 393 g/mol. The highest BCUT2D eigenvalue weighted by molar-refractivity contribution is 6.33. The molecule has 4 nitrogen and oxygen atoms in total. The van der Waals surface area contributed by atoms with Gasteiger partial charge in [0.15, 0.2) is 0 Å². The van der Waals surface area contributed by atoms with Crippen molar-refractivity contribution in [1.82, 2.24) is 5.32 Å². The molecule has 0 radical (unpaired) electrons. The summed E-state index contributed by atoms with van der Waals surface area (Å²) in [6.07, 6.45) is 0.192. The second kappa shape index (κ2) is 9.72. The van der Waals surface area contributed by atoms with Crippen LogP contribution < -0.4 is 10.2 Å². The minimum Gasteiger partial charge on any atom is -0.351 e. The van der Waals surface area contributed by atoms with Crippen LogP contribution in [0.3, 0.4) is 0 Å². The second-order valence-electron chi connectivity index (χ2n) is 6.29. The van der Waals surface area contributed by atoms with Crippen molar-refractivity contribution in [3.8, 4) is 0 Å². The van der Waals surface area contributed by atoms with Gasteiger partial charge in [-0.1, -0.05) is 72.3 Å². The maximum absolute atomic E-state index is 12.9. The van der Waals surface area contributed by atoms with Crippen molar-refractivity contribution in [2.75, 3.05) is 11.4 Å². The predicted molar refractivity (Wildman–Crippen MR) is 112 cm³/mol. The molecule has 28 heavy (non-hydrogen) atoms. The van der Waals surface area contributed by atoms with E-state index in [1.54, 1.807) is 29.2 Å². The van der Waals surface area contributed by atoms with Gasteiger partial charge >= 0.3 is 0 Å². The Morgan fingerprint density at radius 2 is 1.43 bits per heavy atom. The number of hydrogen-bond acceptors (Lipinski definition) is 2. The molecule has 3 aromatic rings. The fourth-order valence-electron chi connectivity index (χ4n) is 2.86. The standard InChI is InChI=1S/C23H21ClN2O2/c24-21-14-8-7-13-20(21)23(28)25-16-15-22(27)26(19-11-5-2-6-12-19)17-18-9-3-1-4-10-18/h1-14H,15-17H2,(H,25,28). The molecular formula is C23H21ClN2O2. The smallest absolute Gasteiger partial charge is 0.252 e. The molecule has 2 amide bonds. The van der Waals surface area contributed by atoms with Crippen molar-refractivity contribution in [3.63, 3.8) is 0 Å². The fraction of sp³-hybridized carbons (Fsp3) is 0.130. The summed E-state index contributed by atoms with van der Waals surface area (Å²) in [6, 6.07) is 26.2. The van der Waals surface area contributed by atoms with Gasteiger partial charge in [0.25, 0.3) is 5.91 Å². The zero-order valence-corrected chi connectivity index (χ0v) is 16.1. The average Bonchev–Trinajstić information content (AvgIpc) is 2.73. The second-order valence-corrected chi connectivity index (χ2v) is 6.69. The number of para-hydroxylation sites is 1. The monoisotopic (exact) mass is 392 g/mol. The highest BCUT2D eigenvalue weighted by atomic mass is 35.5. The molecule has 3 rings (SSSR count). The number of carbonyl (C=O) groups is 2. The first-order chi connectivity index (χ1) is 13.6. The summed E-state index contributed by atoms with van der Waals surface area (Å²) in [7, 11) is 0. The van der Waals surface area contributed by atoms with Gasteiger partial charge < -0.3 is 10.2 Å². The van der Waals surface area contributed by atoms with Crippen LogP contribution in [0.2, 0.25) is 5.02 Å². The maximum atomic E-state index is 12.9. The van der Waals surface area contributed by atoms with Crippen LogP contribution in [0.4, 0.5) is 5.69 Å². The molecule has 0 unspecified atom stereocenters. The molecule has 0 atom stereocenters. The highest BCUT2D eigenvalue weighted by Gasteiger charge is 2.17. The van der Waals surface area contributed by atoms with Crippen LogP contribution in [0, 0.1) is 0 Å². The van der Waals surface area contributed by atoms with E-state index in [0.29, 0.717) is 17.1 Å². The number of benzene rings is 3. The van der Waals surface area contributed by atoms with Crippen molar-refractivity contribution in [2.24, 2.45) is 0 Å². The minimum absolute atomic E-state index is 0.0606. The van der Waals surface area contributed by atoms with Gasteiger partial charge in [0.2, 0.25) is 5.91 Å². The van der Waals surface area contributed by atoms with Crippen molar-refractivity contribution < 1.29 is 9.59 Å². The van der Waals surface area contributed by atoms with Gasteiger partial charge in [0.05, 0.1) is 17.1 Å². The van der Waals surface area contributed by atoms with Crippen LogP contribution in [0.15, 0.2) is 84.9 Å². The predicted octanol–water partition coefficient (Wildman–Crippen LogP) is 4.69. The van der Waals surface area contributed by atoms with E-state index in [2.05, 4.69) is 5.32 Å². The Kier molecular flexibility index (Phi) is 6.82. The first kappa shape index (κ1) is 19.6. The Labute approximate surface area is 169 Å². The van der Waals surface area contributed by atoms with Gasteiger partial charge in [0.1, 0.15) is 0 Å². The van der Waals surface area contributed by atoms with E-state index >= 15 is 0 Å². The number of anilines is 1. The Bertz CT molecular complexity index is 930. The normalized spacial score (nSPS) is 10.3. The summed E-state index contributed by atoms with van der Waals surface area (Å²) in [4.78, 5) is 26.9. The van der Waals surface area contributed by atoms with E-state index in [4.69, 9.17) is 11.6 Å². The molecule has 1 N–H and O–H groups in total. The SMILES string of the molecule is O=C(NCCC(=O)N(Cc1ccccc1)c1ccccc1)c1ccccc1Cl. The van der Waals surface area contributed by atoms with Gasteiger partial charge in [-0.05, 0) is 29.8 Å². The van der Waals surface area contributed by atoms with Crippen LogP contribution in [0.1, 0.15) is 22.3 Å². The zero-order valence-electron chi connectivity index (χ0n) is 15.3. The number of halogens is 1. The molecule has 5 heteroatoms. The molecule has 0 aliphatic carbocycles. The molecule has 0 saturated carbocycles. The van der Waals surface area contributed by atoms with Gasteiger partial charge in [-0.2, -0.15) is 0 Å². The van der Waals surface area contributed by atoms with Crippen LogP contribution >= 0.6 is 11.6 Å². The molecule has 0 spiro atoms. The zero-order chi connectivity index (χ0) is 19.8. The highest BCUT2D eigenvalue weighted by Crippen LogP contribution is 2.18. The third kappa shape index (κ3) is 5.21. The summed E-state index contributed by atoms with van der Waals surface area (Å²) in [5, 5.41) is 3.16. The van der Waals surface area contributed by atoms with Gasteiger partial charge in [-0.25, -0.2) is 0 Å². The van der Waals surface area contributed by atoms with E-state index in [1.807, 2.05) is 60.7 Å². The van der Waals surface area contributed by atoms with E-state index < -0.39 is 0 Å². The Hall–Kier alpha value is -3.11. The molecule has 0 fully saturated rings. The lowest BCUT2D eigenvalue weighted by Crippen LogP contribution is -2.34. The minimum atomic E-state index is -0.285. The molecule has 0 bridgehead atoms. The third-order valence-electron chi connectivity index (χ3n) is 4.30. The van der Waals surface area contributed by atoms with Gasteiger partial charge in [0, 0.05) is 18.7 Å². The number of hydrogen-bond donors (Lipinski definition) is 1. The van der Waals surface area contributed by atoms with Crippen molar-refractivity contribution >= 4 is 29.1 Å². The largest absolute Gasteiger partial charge is 0.351 e. The molecule has 0 aliphatic rings. The molecular weight excluding hydrogens is 372 g/mol. The summed E-state index contributed by atoms with van der Waals surface area (Å²) in [5.74, 6) is -0.345. The summed E-state index contributed by atoms with van der Waals surface area (Å²) >= 11 is 6.05. The number of rotatable bonds is 7. The molecule has 0 saturated heterocycles. The molecule has 0 aromatic heterocycles. The van der Waals surface area contributed by atoms with Crippen LogP contribution in [-0.4, -0.2) is 18.4 Å². The van der Waals surface area contributed by atoms with Crippen LogP contribution in [0.25, 0.3) is 0 Å². The first-order valence-corrected chi connectivity index (χ1v) is 9.45. The molecule has 3 aromatic carbocycles. The van der Waals surface area contributed by atoms with E-state index in [-0.39, 0.29) is 24.8 Å². The van der Waals surface area contributed by atoms with Crippen molar-refractivity contribution in [3.05, 3.63) is 101 Å². The first-order valence-electron chi connectivity index (χ1n) is 9.07. The topological polar surface area (TPSA) is 49.4 Å². The maximum Gasteiger partial charge on any atom is 0.252 e. The molecule has 0 aliphatic heterocycles. The van der Waals surface area contributed by atoms with Crippen LogP contribution in [0.5, 0.6) is 0 Å². The quantitative estimate of drug-likeness (QED) is 0.634. The number of nitrogens with zero attached hydrogens (tertiary/aromatic N) is 1. The van der Waals surface area contributed by atoms with Crippen molar-refractivity contribution in [2.45, 2.75) is 13.0 Å². The van der Waals surface area contributed by atoms with Gasteiger partial charge in [-0.15, -0.1) is 0 Å². The third-order valence-corrected chi connectivity index (χ3v) is 4.62. The lowest BCUT2D eigenvalue weighted by Gasteiger charge is -2.23. The van der Waals surface area contributed by atoms with E-state index in [1.165, 1.54) is 0 Å². The Balaban J connectivity index is 1.64. The Morgan fingerprint density at radius 1 is 0.821 bits per heavy atom. The summed E-state index contributed by atoms with van der Waals surface area (Å²) < 4.78 is 0. The van der Waals surface area contributed by atoms with Gasteiger partial charge in [-0.3, -0.25) is 9.59 Å². The molecule has 0 heterocycles. The summed E-state index contributed by atoms with van der Waals surface area (Å²) in [6.45, 7) is 0.711. The Morgan fingerprint density at radius 3 is 2.11 bits per heavy atom. The number of nitrogens with one attached hydrogen (secondary N) is 1. The number of carbonyl (C=O) groups excluding carboxylic acids is 2. The van der Waals surface area contributed by atoms with E-state index in [9.17, 15) is 9.59 Å². The lowest BCUT2D eigenvalue weighted by molar-refractivity contribution is -0.118. The summed E-state index contributed by atoms with van der Waals surface area (Å²) in [5.41, 5.74) is 2.27.